The van der Waals surface area contributed by atoms with Crippen molar-refractivity contribution < 1.29 is 14.2 Å². The number of rotatable bonds is 87. The molecule has 0 spiro atoms. The molecule has 3 nitrogen and oxygen atoms in total. The first-order valence-electron chi connectivity index (χ1n) is 56.8. The third-order valence-corrected chi connectivity index (χ3v) is 99.9. The van der Waals surface area contributed by atoms with Crippen LogP contribution in [-0.4, -0.2) is 181 Å². The topological polar surface area (TPSA) is 27.7 Å². The highest BCUT2D eigenvalue weighted by molar-refractivity contribution is 7.23. The minimum atomic E-state index is -1.75. The highest BCUT2D eigenvalue weighted by atomic mass is 35.6. The molecule has 36 heteroatoms. The summed E-state index contributed by atoms with van der Waals surface area (Å²) in [7, 11) is -34.4. The summed E-state index contributed by atoms with van der Waals surface area (Å²) in [5.41, 5.74) is 0. The molecule has 0 heterocycles. The van der Waals surface area contributed by atoms with Gasteiger partial charge < -0.3 is 14.2 Å². The lowest BCUT2D eigenvalue weighted by Gasteiger charge is -2.34. The molecule has 822 valence electrons. The molecule has 0 radical (unpaired) electrons. The van der Waals surface area contributed by atoms with Crippen LogP contribution in [0.2, 0.25) is 452 Å². The molecule has 0 saturated carbocycles. The maximum absolute atomic E-state index is 7.26. The Kier molecular flexibility index (Phi) is 68.1. The van der Waals surface area contributed by atoms with Crippen LogP contribution in [0.1, 0.15) is 135 Å². The van der Waals surface area contributed by atoms with Gasteiger partial charge in [0.1, 0.15) is 106 Å². The molecule has 0 atom stereocenters. The average molecular weight is 2520 g/mol. The third kappa shape index (κ3) is 82.2. The molecule has 0 unspecified atom stereocenters. The van der Waals surface area contributed by atoms with Crippen LogP contribution in [0.5, 0.6) is 17.2 Å². The van der Waals surface area contributed by atoms with Gasteiger partial charge in [0, 0.05) is 18.2 Å². The predicted molar refractivity (Wildman–Crippen MR) is 712 cm³/mol. The summed E-state index contributed by atoms with van der Waals surface area (Å²) >= 11 is 85.2. The van der Waals surface area contributed by atoms with E-state index in [4.69, 9.17) is 147 Å². The second-order valence-electron chi connectivity index (χ2n) is 56.8. The molecule has 1 rings (SSSR count). The summed E-state index contributed by atoms with van der Waals surface area (Å²) in [5.74, 6) is 2.74. The summed E-state index contributed by atoms with van der Waals surface area (Å²) in [4.78, 5) is 0. The van der Waals surface area contributed by atoms with Crippen LogP contribution in [0, 0.1) is 0 Å². The number of hydrogen-bond acceptors (Lipinski definition) is 3. The van der Waals surface area contributed by atoms with Gasteiger partial charge >= 0.3 is 0 Å². The van der Waals surface area contributed by atoms with Crippen molar-refractivity contribution in [2.75, 3.05) is 19.8 Å². The van der Waals surface area contributed by atoms with Gasteiger partial charge in [0.05, 0.1) is 92.5 Å². The smallest absolute Gasteiger partial charge is 0.150 e. The summed E-state index contributed by atoms with van der Waals surface area (Å²) < 4.78 is 21.8. The Labute approximate surface area is 939 Å². The molecule has 0 aliphatic rings. The van der Waals surface area contributed by atoms with Crippen LogP contribution in [0.25, 0.3) is 0 Å². The normalized spacial score (nSPS) is 14.5. The zero-order chi connectivity index (χ0) is 106. The molecule has 1 aromatic carbocycles. The van der Waals surface area contributed by atoms with E-state index in [1.807, 2.05) is 0 Å². The van der Waals surface area contributed by atoms with Gasteiger partial charge in [0.15, 0.2) is 0 Å². The fourth-order valence-electron chi connectivity index (χ4n) is 23.1. The van der Waals surface area contributed by atoms with Gasteiger partial charge in [0.2, 0.25) is 0 Å². The molecule has 1 aromatic rings. The highest BCUT2D eigenvalue weighted by Crippen LogP contribution is 2.45. The van der Waals surface area contributed by atoms with E-state index >= 15 is 0 Å². The minimum Gasteiger partial charge on any atom is -0.493 e. The maximum atomic E-state index is 7.26. The number of benzene rings is 1. The van der Waals surface area contributed by atoms with Crippen molar-refractivity contribution in [2.45, 2.75) is 587 Å². The van der Waals surface area contributed by atoms with Crippen molar-refractivity contribution >= 4 is 294 Å². The largest absolute Gasteiger partial charge is 0.493 e. The van der Waals surface area contributed by atoms with Gasteiger partial charge in [-0.1, -0.05) is 495 Å². The summed E-state index contributed by atoms with van der Waals surface area (Å²) in [5, 5.41) is 0. The molecular weight excluding hydrogens is 2290 g/mol. The number of hydrogen-bond donors (Lipinski definition) is 0. The lowest BCUT2D eigenvalue weighted by atomic mass is 10.3. The SMILES string of the molecule is C[Si](C)(Cl)CCC[Si](C)(CCC[Si](C)(C)Cl)CCC[Si](C)(CCCOc1cc(OCCC[Si](C)(CCC[Si](C)(CCC[Si](C)(C)Cl)CCC[Si](C)(C)Cl)CCC[Si](C)(CCC[Si](C)(C)Cl)CCC[Si](C)(C)Cl)cc(OCCC[Si](C)(CCC[Si](C)(CCC[Si](C)(C)Cl)CCC[Si](C)(C)Cl)CCC[Si](C)(CCC[Si](C)(C)Cl)CCC[Si](C)(C)Cl)c1)CCC[Si](C)(CCC[Si](C)(C)Cl)CCC[Si](C)(C)Cl. The average Bonchev–Trinajstić information content (AvgIpc) is 0.836. The minimum absolute atomic E-state index is 0.716. The summed E-state index contributed by atoms with van der Waals surface area (Å²) in [6.07, 6.45) is 27.2. The quantitative estimate of drug-likeness (QED) is 0.0370. The van der Waals surface area contributed by atoms with Gasteiger partial charge in [-0.25, -0.2) is 0 Å². The monoisotopic (exact) mass is 2510 g/mol. The van der Waals surface area contributed by atoms with Crippen molar-refractivity contribution in [2.24, 2.45) is 0 Å². The van der Waals surface area contributed by atoms with Crippen molar-refractivity contribution in [1.82, 2.24) is 0 Å². The van der Waals surface area contributed by atoms with Crippen LogP contribution >= 0.6 is 133 Å². The van der Waals surface area contributed by atoms with E-state index in [0.29, 0.717) is 19.8 Å². The molecular formula is C102H228Cl12O3Si21. The first-order valence-corrected chi connectivity index (χ1v) is 135. The Hall–Kier alpha value is 6.65. The van der Waals surface area contributed by atoms with E-state index in [0.717, 1.165) is 36.5 Å². The third-order valence-electron chi connectivity index (χ3n) is 32.4. The second-order valence-corrected chi connectivity index (χ2v) is 187. The van der Waals surface area contributed by atoms with Crippen LogP contribution in [0.4, 0.5) is 0 Å². The standard InChI is InChI=1S/C102H228Cl12O3Si21/c1-118(2,103)58-37-73-133(28,74-38-59-119(3,4)104)91-49-85-130(25,86-50-92-134(29,75-39-60-120(5,6)105)76-40-61-121(7,8)106)70-34-55-115-100-97-101(116-56-35-71-131(26,87-51-93-135(30,77-41-62-122(9,10)107)78-42-63-123(11,12)108)88-52-94-136(31,79-43-64-124(13,14)109)80-44-65-125(15,16)110)99-102(98-100)117-57-36-72-132(27,89-53-95-137(32,81-45-66-126(17,18)111)82-46-67-127(19,20)112)90-54-96-138(33,83-47-68-128(21,22)113)84-48-69-129(23,24)114/h97-99H,34-96H2,1-33H3. The summed E-state index contributed by atoms with van der Waals surface area (Å²) in [6, 6.07) is 59.6. The van der Waals surface area contributed by atoms with Gasteiger partial charge in [-0.2, -0.15) is 133 Å². The van der Waals surface area contributed by atoms with Crippen LogP contribution in [0.3, 0.4) is 0 Å². The fourth-order valence-corrected chi connectivity index (χ4v) is 81.0. The lowest BCUT2D eigenvalue weighted by molar-refractivity contribution is 0.286. The first-order chi connectivity index (χ1) is 62.5. The zero-order valence-electron chi connectivity index (χ0n) is 97.0. The van der Waals surface area contributed by atoms with Crippen molar-refractivity contribution in [3.63, 3.8) is 0 Å². The second kappa shape index (κ2) is 65.9. The number of halogens is 12. The molecule has 0 fully saturated rings. The number of ether oxygens (including phenoxy) is 3. The molecule has 0 N–H and O–H groups in total. The van der Waals surface area contributed by atoms with E-state index in [-0.39, 0.29) is 0 Å². The van der Waals surface area contributed by atoms with Gasteiger partial charge in [-0.05, 0) is 91.8 Å². The first kappa shape index (κ1) is 143. The summed E-state index contributed by atoms with van der Waals surface area (Å²) in [6.45, 7) is 83.9. The maximum Gasteiger partial charge on any atom is 0.150 e. The zero-order valence-corrected chi connectivity index (χ0v) is 127. The Morgan fingerprint density at radius 3 is 0.275 bits per heavy atom. The molecule has 0 saturated heterocycles. The molecule has 0 aromatic heterocycles. The van der Waals surface area contributed by atoms with Crippen molar-refractivity contribution in [3.05, 3.63) is 18.2 Å². The van der Waals surface area contributed by atoms with E-state index in [9.17, 15) is 0 Å². The molecule has 0 amide bonds. The van der Waals surface area contributed by atoms with Gasteiger partial charge in [-0.3, -0.25) is 0 Å². The lowest BCUT2D eigenvalue weighted by Crippen LogP contribution is -2.35. The predicted octanol–water partition coefficient (Wildman–Crippen LogP) is 47.0. The Morgan fingerprint density at radius 1 is 0.123 bits per heavy atom. The Balaban J connectivity index is 4.35. The van der Waals surface area contributed by atoms with E-state index in [1.165, 1.54) is 351 Å². The Bertz CT molecular complexity index is 2730. The van der Waals surface area contributed by atoms with Crippen molar-refractivity contribution in [1.29, 1.82) is 0 Å². The molecule has 138 heavy (non-hydrogen) atoms. The van der Waals surface area contributed by atoms with Gasteiger partial charge in [0.25, 0.3) is 0 Å². The van der Waals surface area contributed by atoms with Crippen LogP contribution in [-0.2, 0) is 0 Å². The van der Waals surface area contributed by atoms with E-state index in [1.54, 1.807) is 0 Å². The van der Waals surface area contributed by atoms with Crippen LogP contribution in [0.15, 0.2) is 18.2 Å². The van der Waals surface area contributed by atoms with E-state index < -0.39 is 161 Å². The van der Waals surface area contributed by atoms with E-state index in [2.05, 4.69) is 234 Å². The highest BCUT2D eigenvalue weighted by Gasteiger charge is 2.41. The van der Waals surface area contributed by atoms with Crippen LogP contribution < -0.4 is 14.2 Å². The Morgan fingerprint density at radius 2 is 0.196 bits per heavy atom. The molecule has 0 bridgehead atoms. The molecule has 0 aliphatic heterocycles. The molecule has 0 aliphatic carbocycles. The van der Waals surface area contributed by atoms with Gasteiger partial charge in [-0.15, -0.1) is 0 Å². The van der Waals surface area contributed by atoms with Crippen molar-refractivity contribution in [3.8, 4) is 17.2 Å². The fraction of sp³-hybridized carbons (Fsp3) is 0.941.